The molecule has 1 aliphatic heterocycles. The molecule has 0 saturated carbocycles. The van der Waals surface area contributed by atoms with E-state index in [2.05, 4.69) is 10.6 Å². The van der Waals surface area contributed by atoms with Crippen LogP contribution in [0.25, 0.3) is 0 Å². The number of carbonyl (C=O) groups excluding carboxylic acids is 3. The maximum absolute atomic E-state index is 12.1. The predicted octanol–water partition coefficient (Wildman–Crippen LogP) is 0.732. The van der Waals surface area contributed by atoms with Crippen LogP contribution in [0.15, 0.2) is 24.3 Å². The maximum Gasteiger partial charge on any atom is 0.310 e. The van der Waals surface area contributed by atoms with Crippen LogP contribution in [0.3, 0.4) is 0 Å². The first kappa shape index (κ1) is 17.7. The van der Waals surface area contributed by atoms with Crippen LogP contribution in [0, 0.1) is 11.3 Å². The summed E-state index contributed by atoms with van der Waals surface area (Å²) in [6.45, 7) is 3.09. The lowest BCUT2D eigenvalue weighted by molar-refractivity contribution is -0.146. The van der Waals surface area contributed by atoms with Gasteiger partial charge in [0, 0.05) is 18.5 Å². The predicted molar refractivity (Wildman–Crippen MR) is 85.2 cm³/mol. The summed E-state index contributed by atoms with van der Waals surface area (Å²) < 4.78 is 0. The van der Waals surface area contributed by atoms with Gasteiger partial charge in [0.25, 0.3) is 5.91 Å². The summed E-state index contributed by atoms with van der Waals surface area (Å²) in [6.07, 6.45) is 0.622. The van der Waals surface area contributed by atoms with Crippen molar-refractivity contribution in [3.05, 3.63) is 35.4 Å². The first-order chi connectivity index (χ1) is 11.2. The summed E-state index contributed by atoms with van der Waals surface area (Å²) in [7, 11) is 0. The Bertz CT molecular complexity index is 679. The minimum Gasteiger partial charge on any atom is -0.481 e. The highest BCUT2D eigenvalue weighted by Crippen LogP contribution is 2.18. The van der Waals surface area contributed by atoms with Crippen LogP contribution in [0.4, 0.5) is 0 Å². The van der Waals surface area contributed by atoms with Crippen molar-refractivity contribution in [3.63, 3.8) is 0 Å². The first-order valence-electron chi connectivity index (χ1n) is 7.63. The van der Waals surface area contributed by atoms with Crippen LogP contribution in [-0.4, -0.2) is 35.3 Å². The molecule has 128 valence electrons. The Labute approximate surface area is 139 Å². The minimum atomic E-state index is -1.04. The Balaban J connectivity index is 1.94. The summed E-state index contributed by atoms with van der Waals surface area (Å²) >= 11 is 0. The number of hydrogen-bond acceptors (Lipinski definition) is 4. The Hall–Kier alpha value is -2.70. The zero-order valence-electron chi connectivity index (χ0n) is 13.6. The lowest BCUT2D eigenvalue weighted by Gasteiger charge is -2.19. The van der Waals surface area contributed by atoms with Crippen molar-refractivity contribution in [3.8, 4) is 0 Å². The fourth-order valence-corrected chi connectivity index (χ4v) is 2.33. The summed E-state index contributed by atoms with van der Waals surface area (Å²) in [5.41, 5.74) is 0.219. The van der Waals surface area contributed by atoms with Gasteiger partial charge in [0.15, 0.2) is 0 Å². The largest absolute Gasteiger partial charge is 0.481 e. The van der Waals surface area contributed by atoms with E-state index >= 15 is 0 Å². The number of hydrogen-bond donors (Lipinski definition) is 3. The van der Waals surface area contributed by atoms with E-state index in [1.807, 2.05) is 0 Å². The molecule has 7 nitrogen and oxygen atoms in total. The summed E-state index contributed by atoms with van der Waals surface area (Å²) in [5.74, 6) is -2.24. The SMILES string of the molecule is CC(C)(CNC(=O)c1ccc(CC2CC(=O)NC2=O)cc1)C(=O)O. The van der Waals surface area contributed by atoms with Crippen LogP contribution in [-0.2, 0) is 20.8 Å². The van der Waals surface area contributed by atoms with Gasteiger partial charge in [-0.15, -0.1) is 0 Å². The quantitative estimate of drug-likeness (QED) is 0.665. The molecule has 1 aliphatic rings. The van der Waals surface area contributed by atoms with E-state index in [0.29, 0.717) is 12.0 Å². The van der Waals surface area contributed by atoms with E-state index in [1.54, 1.807) is 24.3 Å². The minimum absolute atomic E-state index is 0.0211. The standard InChI is InChI=1S/C17H20N2O5/c1-17(2,16(23)24)9-18-14(21)11-5-3-10(4-6-11)7-12-8-13(20)19-15(12)22/h3-6,12H,7-9H2,1-2H3,(H,18,21)(H,23,24)(H,19,20,22). The Morgan fingerprint density at radius 1 is 1.25 bits per heavy atom. The van der Waals surface area contributed by atoms with Gasteiger partial charge in [-0.25, -0.2) is 0 Å². The highest BCUT2D eigenvalue weighted by atomic mass is 16.4. The lowest BCUT2D eigenvalue weighted by atomic mass is 9.93. The second kappa shape index (κ2) is 6.82. The molecule has 0 radical (unpaired) electrons. The molecule has 3 N–H and O–H groups in total. The average molecular weight is 332 g/mol. The van der Waals surface area contributed by atoms with Gasteiger partial charge < -0.3 is 10.4 Å². The molecular formula is C17H20N2O5. The van der Waals surface area contributed by atoms with Crippen molar-refractivity contribution in [1.29, 1.82) is 0 Å². The number of benzene rings is 1. The van der Waals surface area contributed by atoms with E-state index < -0.39 is 11.4 Å². The van der Waals surface area contributed by atoms with Gasteiger partial charge >= 0.3 is 5.97 Å². The third kappa shape index (κ3) is 4.18. The van der Waals surface area contributed by atoms with E-state index in [9.17, 15) is 19.2 Å². The zero-order valence-corrected chi connectivity index (χ0v) is 13.6. The first-order valence-corrected chi connectivity index (χ1v) is 7.63. The van der Waals surface area contributed by atoms with Crippen LogP contribution < -0.4 is 10.6 Å². The Kier molecular flexibility index (Phi) is 5.02. The highest BCUT2D eigenvalue weighted by Gasteiger charge is 2.30. The Morgan fingerprint density at radius 3 is 2.38 bits per heavy atom. The molecule has 3 amide bonds. The van der Waals surface area contributed by atoms with Gasteiger partial charge in [0.2, 0.25) is 11.8 Å². The fourth-order valence-electron chi connectivity index (χ4n) is 2.33. The molecule has 1 fully saturated rings. The van der Waals surface area contributed by atoms with E-state index in [1.165, 1.54) is 13.8 Å². The molecular weight excluding hydrogens is 312 g/mol. The van der Waals surface area contributed by atoms with E-state index in [4.69, 9.17) is 5.11 Å². The normalized spacial score (nSPS) is 17.5. The van der Waals surface area contributed by atoms with Gasteiger partial charge in [-0.2, -0.15) is 0 Å². The number of carboxylic acid groups (broad SMARTS) is 1. The lowest BCUT2D eigenvalue weighted by Crippen LogP contribution is -2.38. The van der Waals surface area contributed by atoms with Crippen LogP contribution in [0.2, 0.25) is 0 Å². The molecule has 0 aliphatic carbocycles. The number of nitrogens with one attached hydrogen (secondary N) is 2. The molecule has 1 heterocycles. The Morgan fingerprint density at radius 2 is 1.88 bits per heavy atom. The molecule has 0 spiro atoms. The molecule has 0 bridgehead atoms. The smallest absolute Gasteiger partial charge is 0.310 e. The molecule has 7 heteroatoms. The third-order valence-electron chi connectivity index (χ3n) is 4.03. The molecule has 1 aromatic carbocycles. The molecule has 1 unspecified atom stereocenters. The number of imide groups is 1. The van der Waals surface area contributed by atoms with Gasteiger partial charge in [-0.05, 0) is 38.0 Å². The van der Waals surface area contributed by atoms with Crippen LogP contribution >= 0.6 is 0 Å². The van der Waals surface area contributed by atoms with Crippen molar-refractivity contribution in [2.24, 2.45) is 11.3 Å². The average Bonchev–Trinajstić information content (AvgIpc) is 2.83. The monoisotopic (exact) mass is 332 g/mol. The molecule has 2 rings (SSSR count). The molecule has 0 aromatic heterocycles. The third-order valence-corrected chi connectivity index (χ3v) is 4.03. The number of aliphatic carboxylic acids is 1. The zero-order chi connectivity index (χ0) is 17.9. The van der Waals surface area contributed by atoms with Crippen molar-refractivity contribution in [2.45, 2.75) is 26.7 Å². The maximum atomic E-state index is 12.1. The van der Waals surface area contributed by atoms with Crippen LogP contribution in [0.1, 0.15) is 36.2 Å². The number of amides is 3. The molecule has 1 saturated heterocycles. The van der Waals surface area contributed by atoms with Gasteiger partial charge in [-0.3, -0.25) is 24.5 Å². The molecule has 1 atom stereocenters. The second-order valence-electron chi connectivity index (χ2n) is 6.59. The van der Waals surface area contributed by atoms with Crippen molar-refractivity contribution < 1.29 is 24.3 Å². The van der Waals surface area contributed by atoms with E-state index in [0.717, 1.165) is 5.56 Å². The van der Waals surface area contributed by atoms with Gasteiger partial charge in [-0.1, -0.05) is 12.1 Å². The summed E-state index contributed by atoms with van der Waals surface area (Å²) in [4.78, 5) is 45.8. The van der Waals surface area contributed by atoms with Crippen molar-refractivity contribution >= 4 is 23.7 Å². The number of carboxylic acids is 1. The van der Waals surface area contributed by atoms with E-state index in [-0.39, 0.29) is 36.6 Å². The topological polar surface area (TPSA) is 113 Å². The fraction of sp³-hybridized carbons (Fsp3) is 0.412. The number of rotatable bonds is 6. The van der Waals surface area contributed by atoms with Crippen molar-refractivity contribution in [1.82, 2.24) is 10.6 Å². The highest BCUT2D eigenvalue weighted by molar-refractivity contribution is 6.03. The second-order valence-corrected chi connectivity index (χ2v) is 6.59. The molecule has 1 aromatic rings. The summed E-state index contributed by atoms with van der Waals surface area (Å²) in [6, 6.07) is 6.70. The van der Waals surface area contributed by atoms with Crippen LogP contribution in [0.5, 0.6) is 0 Å². The molecule has 24 heavy (non-hydrogen) atoms. The summed E-state index contributed by atoms with van der Waals surface area (Å²) in [5, 5.41) is 13.9. The van der Waals surface area contributed by atoms with Gasteiger partial charge in [0.1, 0.15) is 0 Å². The number of carbonyl (C=O) groups is 4. The van der Waals surface area contributed by atoms with Crippen molar-refractivity contribution in [2.75, 3.05) is 6.54 Å². The van der Waals surface area contributed by atoms with Gasteiger partial charge in [0.05, 0.1) is 11.3 Å².